The topological polar surface area (TPSA) is 55.9 Å². The lowest BCUT2D eigenvalue weighted by molar-refractivity contribution is 0.525. The lowest BCUT2D eigenvalue weighted by atomic mass is 10.0. The summed E-state index contributed by atoms with van der Waals surface area (Å²) >= 11 is 5.95. The van der Waals surface area contributed by atoms with Gasteiger partial charge in [-0.05, 0) is 11.6 Å². The van der Waals surface area contributed by atoms with E-state index in [9.17, 15) is 4.39 Å². The Morgan fingerprint density at radius 1 is 1.56 bits per heavy atom. The van der Waals surface area contributed by atoms with Crippen LogP contribution >= 0.6 is 11.6 Å². The van der Waals surface area contributed by atoms with Gasteiger partial charge in [0.1, 0.15) is 11.6 Å². The minimum atomic E-state index is -0.450. The molecule has 0 saturated heterocycles. The van der Waals surface area contributed by atoms with Gasteiger partial charge in [0, 0.05) is 25.9 Å². The third-order valence-electron chi connectivity index (χ3n) is 2.87. The van der Waals surface area contributed by atoms with Crippen LogP contribution in [0.2, 0.25) is 5.02 Å². The Balaban J connectivity index is 2.29. The molecule has 6 heteroatoms. The second-order valence-electron chi connectivity index (χ2n) is 4.02. The van der Waals surface area contributed by atoms with Gasteiger partial charge in [0.15, 0.2) is 0 Å². The van der Waals surface area contributed by atoms with Crippen molar-refractivity contribution < 1.29 is 4.39 Å². The molecule has 0 bridgehead atoms. The summed E-state index contributed by atoms with van der Waals surface area (Å²) in [5.74, 6) is 5.92. The number of nitrogens with zero attached hydrogens (tertiary/aromatic N) is 2. The number of hydrazine groups is 1. The number of benzene rings is 1. The van der Waals surface area contributed by atoms with Gasteiger partial charge in [-0.1, -0.05) is 23.7 Å². The van der Waals surface area contributed by atoms with Gasteiger partial charge in [0.05, 0.1) is 11.1 Å². The fraction of sp³-hybridized carbons (Fsp3) is 0.250. The maximum atomic E-state index is 13.4. The van der Waals surface area contributed by atoms with E-state index < -0.39 is 5.82 Å². The standard InChI is InChI=1S/C12H14ClFN4/c1-18-6-5-16-11(18)7-10(17-15)8-3-2-4-9(14)12(8)13/h2-6,10,17H,7,15H2,1H3. The molecule has 0 spiro atoms. The second kappa shape index (κ2) is 5.48. The molecule has 0 aliphatic carbocycles. The molecule has 0 radical (unpaired) electrons. The first kappa shape index (κ1) is 13.0. The van der Waals surface area contributed by atoms with E-state index in [1.165, 1.54) is 6.07 Å². The summed E-state index contributed by atoms with van der Waals surface area (Å²) < 4.78 is 15.3. The summed E-state index contributed by atoms with van der Waals surface area (Å²) in [6.07, 6.45) is 4.08. The lowest BCUT2D eigenvalue weighted by Gasteiger charge is -2.17. The number of aryl methyl sites for hydroxylation is 1. The summed E-state index contributed by atoms with van der Waals surface area (Å²) in [5.41, 5.74) is 3.27. The van der Waals surface area contributed by atoms with Gasteiger partial charge in [-0.3, -0.25) is 11.3 Å². The molecule has 2 aromatic rings. The first-order valence-corrected chi connectivity index (χ1v) is 5.87. The van der Waals surface area contributed by atoms with E-state index in [1.54, 1.807) is 18.3 Å². The Morgan fingerprint density at radius 3 is 2.94 bits per heavy atom. The molecule has 96 valence electrons. The van der Waals surface area contributed by atoms with Crippen molar-refractivity contribution in [1.29, 1.82) is 0 Å². The van der Waals surface area contributed by atoms with Crippen LogP contribution in [0.25, 0.3) is 0 Å². The maximum absolute atomic E-state index is 13.4. The molecule has 0 aliphatic heterocycles. The zero-order valence-electron chi connectivity index (χ0n) is 9.90. The summed E-state index contributed by atoms with van der Waals surface area (Å²) in [4.78, 5) is 4.21. The highest BCUT2D eigenvalue weighted by atomic mass is 35.5. The fourth-order valence-corrected chi connectivity index (χ4v) is 2.08. The molecule has 0 saturated carbocycles. The van der Waals surface area contributed by atoms with E-state index in [4.69, 9.17) is 17.4 Å². The SMILES string of the molecule is Cn1ccnc1CC(NN)c1cccc(F)c1Cl. The Kier molecular flexibility index (Phi) is 3.96. The molecule has 1 unspecified atom stereocenters. The van der Waals surface area contributed by atoms with E-state index in [0.29, 0.717) is 12.0 Å². The average molecular weight is 269 g/mol. The van der Waals surface area contributed by atoms with Gasteiger partial charge in [-0.2, -0.15) is 0 Å². The number of imidazole rings is 1. The Hall–Kier alpha value is -1.43. The van der Waals surface area contributed by atoms with Crippen molar-refractivity contribution >= 4 is 11.6 Å². The van der Waals surface area contributed by atoms with Gasteiger partial charge in [-0.15, -0.1) is 0 Å². The first-order chi connectivity index (χ1) is 8.63. The molecule has 1 aromatic heterocycles. The zero-order valence-corrected chi connectivity index (χ0v) is 10.7. The van der Waals surface area contributed by atoms with Crippen LogP contribution in [0.15, 0.2) is 30.6 Å². The number of rotatable bonds is 4. The lowest BCUT2D eigenvalue weighted by Crippen LogP contribution is -2.30. The Bertz CT molecular complexity index is 541. The molecule has 1 atom stereocenters. The average Bonchev–Trinajstić information content (AvgIpc) is 2.76. The maximum Gasteiger partial charge on any atom is 0.142 e. The number of nitrogens with one attached hydrogen (secondary N) is 1. The van der Waals surface area contributed by atoms with Gasteiger partial charge in [0.2, 0.25) is 0 Å². The van der Waals surface area contributed by atoms with E-state index in [0.717, 1.165) is 5.82 Å². The van der Waals surface area contributed by atoms with Crippen molar-refractivity contribution in [1.82, 2.24) is 15.0 Å². The third-order valence-corrected chi connectivity index (χ3v) is 3.26. The Labute approximate surface area is 110 Å². The minimum absolute atomic E-state index is 0.0923. The normalized spacial score (nSPS) is 12.7. The molecular weight excluding hydrogens is 255 g/mol. The number of nitrogens with two attached hydrogens (primary N) is 1. The molecule has 4 nitrogen and oxygen atoms in total. The fourth-order valence-electron chi connectivity index (χ4n) is 1.82. The predicted molar refractivity (Wildman–Crippen MR) is 68.4 cm³/mol. The molecule has 1 heterocycles. The quantitative estimate of drug-likeness (QED) is 0.658. The highest BCUT2D eigenvalue weighted by molar-refractivity contribution is 6.31. The van der Waals surface area contributed by atoms with E-state index in [2.05, 4.69) is 10.4 Å². The molecule has 0 fully saturated rings. The van der Waals surface area contributed by atoms with Crippen molar-refractivity contribution in [2.24, 2.45) is 12.9 Å². The van der Waals surface area contributed by atoms with Crippen LogP contribution < -0.4 is 11.3 Å². The van der Waals surface area contributed by atoms with Gasteiger partial charge in [-0.25, -0.2) is 9.37 Å². The number of hydrogen-bond donors (Lipinski definition) is 2. The van der Waals surface area contributed by atoms with Crippen molar-refractivity contribution in [2.45, 2.75) is 12.5 Å². The van der Waals surface area contributed by atoms with Crippen molar-refractivity contribution in [3.05, 3.63) is 52.8 Å². The van der Waals surface area contributed by atoms with Crippen molar-refractivity contribution in [3.63, 3.8) is 0 Å². The first-order valence-electron chi connectivity index (χ1n) is 5.49. The summed E-state index contributed by atoms with van der Waals surface area (Å²) in [6, 6.07) is 4.40. The number of hydrogen-bond acceptors (Lipinski definition) is 3. The van der Waals surface area contributed by atoms with E-state index in [-0.39, 0.29) is 11.1 Å². The van der Waals surface area contributed by atoms with Crippen LogP contribution in [0.3, 0.4) is 0 Å². The van der Waals surface area contributed by atoms with Crippen LogP contribution in [-0.4, -0.2) is 9.55 Å². The van der Waals surface area contributed by atoms with Crippen molar-refractivity contribution in [2.75, 3.05) is 0 Å². The van der Waals surface area contributed by atoms with E-state index >= 15 is 0 Å². The van der Waals surface area contributed by atoms with Crippen LogP contribution in [0.1, 0.15) is 17.4 Å². The van der Waals surface area contributed by atoms with Crippen molar-refractivity contribution in [3.8, 4) is 0 Å². The highest BCUT2D eigenvalue weighted by Gasteiger charge is 2.17. The van der Waals surface area contributed by atoms with Gasteiger partial charge < -0.3 is 4.57 Å². The molecule has 18 heavy (non-hydrogen) atoms. The smallest absolute Gasteiger partial charge is 0.142 e. The molecule has 0 amide bonds. The summed E-state index contributed by atoms with van der Waals surface area (Å²) in [5, 5.41) is 0.0923. The zero-order chi connectivity index (χ0) is 13.1. The molecule has 3 N–H and O–H groups in total. The predicted octanol–water partition coefficient (Wildman–Crippen LogP) is 1.96. The van der Waals surface area contributed by atoms with Crippen LogP contribution in [0, 0.1) is 5.82 Å². The molecule has 2 rings (SSSR count). The third kappa shape index (κ3) is 2.53. The second-order valence-corrected chi connectivity index (χ2v) is 4.40. The highest BCUT2D eigenvalue weighted by Crippen LogP contribution is 2.27. The van der Waals surface area contributed by atoms with E-state index in [1.807, 2.05) is 17.8 Å². The van der Waals surface area contributed by atoms with Crippen LogP contribution in [-0.2, 0) is 13.5 Å². The largest absolute Gasteiger partial charge is 0.338 e. The molecule has 0 aliphatic rings. The molecular formula is C12H14ClFN4. The monoisotopic (exact) mass is 268 g/mol. The Morgan fingerprint density at radius 2 is 2.33 bits per heavy atom. The number of halogens is 2. The minimum Gasteiger partial charge on any atom is -0.338 e. The van der Waals surface area contributed by atoms with Gasteiger partial charge >= 0.3 is 0 Å². The summed E-state index contributed by atoms with van der Waals surface area (Å²) in [6.45, 7) is 0. The summed E-state index contributed by atoms with van der Waals surface area (Å²) in [7, 11) is 1.89. The van der Waals surface area contributed by atoms with Crippen LogP contribution in [0.4, 0.5) is 4.39 Å². The van der Waals surface area contributed by atoms with Crippen LogP contribution in [0.5, 0.6) is 0 Å². The number of aromatic nitrogens is 2. The molecule has 1 aromatic carbocycles. The van der Waals surface area contributed by atoms with Gasteiger partial charge in [0.25, 0.3) is 0 Å².